The summed E-state index contributed by atoms with van der Waals surface area (Å²) < 4.78 is 2.04. The zero-order valence-corrected chi connectivity index (χ0v) is 12.0. The Balaban J connectivity index is 2.10. The molecule has 0 radical (unpaired) electrons. The van der Waals surface area contributed by atoms with Crippen molar-refractivity contribution in [3.63, 3.8) is 0 Å². The highest BCUT2D eigenvalue weighted by molar-refractivity contribution is 5.29. The van der Waals surface area contributed by atoms with Crippen molar-refractivity contribution in [2.75, 3.05) is 0 Å². The molecule has 0 atom stereocenters. The molecule has 0 aromatic carbocycles. The van der Waals surface area contributed by atoms with E-state index in [2.05, 4.69) is 39.8 Å². The molecule has 2 heteroatoms. The van der Waals surface area contributed by atoms with Gasteiger partial charge in [-0.2, -0.15) is 5.10 Å². The summed E-state index contributed by atoms with van der Waals surface area (Å²) in [5.41, 5.74) is 4.16. The number of hydrogen-bond donors (Lipinski definition) is 0. The second kappa shape index (κ2) is 4.83. The molecule has 1 heterocycles. The van der Waals surface area contributed by atoms with Crippen molar-refractivity contribution < 1.29 is 0 Å². The van der Waals surface area contributed by atoms with Gasteiger partial charge in [-0.05, 0) is 62.8 Å². The first-order valence-electron chi connectivity index (χ1n) is 7.00. The Kier molecular flexibility index (Phi) is 3.60. The summed E-state index contributed by atoms with van der Waals surface area (Å²) in [5, 5.41) is 4.56. The summed E-state index contributed by atoms with van der Waals surface area (Å²) in [4.78, 5) is 0. The maximum absolute atomic E-state index is 4.56. The van der Waals surface area contributed by atoms with Gasteiger partial charge in [0, 0.05) is 12.7 Å². The van der Waals surface area contributed by atoms with Crippen LogP contribution in [0.1, 0.15) is 62.4 Å². The summed E-state index contributed by atoms with van der Waals surface area (Å²) in [6.45, 7) is 9.11. The lowest BCUT2D eigenvalue weighted by molar-refractivity contribution is 0.258. The molecule has 0 saturated heterocycles. The molecular formula is C15H26N2. The Morgan fingerprint density at radius 3 is 2.12 bits per heavy atom. The number of aryl methyl sites for hydroxylation is 2. The van der Waals surface area contributed by atoms with E-state index in [9.17, 15) is 0 Å². The van der Waals surface area contributed by atoms with Gasteiger partial charge in [-0.25, -0.2) is 0 Å². The molecule has 0 unspecified atom stereocenters. The van der Waals surface area contributed by atoms with E-state index < -0.39 is 0 Å². The van der Waals surface area contributed by atoms with Crippen molar-refractivity contribution in [2.45, 2.75) is 59.3 Å². The summed E-state index contributed by atoms with van der Waals surface area (Å²) in [6, 6.07) is 0. The molecule has 0 aliphatic heterocycles. The minimum atomic E-state index is 0.763. The van der Waals surface area contributed by atoms with E-state index >= 15 is 0 Å². The maximum Gasteiger partial charge on any atom is 0.0631 e. The molecule has 1 saturated carbocycles. The highest BCUT2D eigenvalue weighted by atomic mass is 15.3. The average molecular weight is 234 g/mol. The Morgan fingerprint density at radius 2 is 1.71 bits per heavy atom. The molecule has 0 bridgehead atoms. The van der Waals surface area contributed by atoms with Crippen LogP contribution >= 0.6 is 0 Å². The van der Waals surface area contributed by atoms with Crippen LogP contribution in [0, 0.1) is 25.7 Å². The van der Waals surface area contributed by atoms with Gasteiger partial charge < -0.3 is 0 Å². The van der Waals surface area contributed by atoms with Crippen molar-refractivity contribution in [1.29, 1.82) is 0 Å². The van der Waals surface area contributed by atoms with Crippen LogP contribution in [0.25, 0.3) is 0 Å². The predicted octanol–water partition coefficient (Wildman–Crippen LogP) is 3.97. The monoisotopic (exact) mass is 234 g/mol. The molecule has 0 N–H and O–H groups in total. The fraction of sp³-hybridized carbons (Fsp3) is 0.800. The Labute approximate surface area is 105 Å². The third-order valence-electron chi connectivity index (χ3n) is 4.69. The van der Waals surface area contributed by atoms with Crippen LogP contribution in [-0.4, -0.2) is 9.78 Å². The second-order valence-electron chi connectivity index (χ2n) is 6.06. The van der Waals surface area contributed by atoms with Crippen LogP contribution in [0.2, 0.25) is 0 Å². The van der Waals surface area contributed by atoms with Gasteiger partial charge in [0.2, 0.25) is 0 Å². The molecule has 17 heavy (non-hydrogen) atoms. The Bertz CT molecular complexity index is 382. The van der Waals surface area contributed by atoms with E-state index in [-0.39, 0.29) is 0 Å². The quantitative estimate of drug-likeness (QED) is 0.757. The number of nitrogens with zero attached hydrogens (tertiary/aromatic N) is 2. The van der Waals surface area contributed by atoms with Gasteiger partial charge >= 0.3 is 0 Å². The number of hydrogen-bond acceptors (Lipinski definition) is 1. The first kappa shape index (κ1) is 12.7. The van der Waals surface area contributed by atoms with Crippen molar-refractivity contribution in [1.82, 2.24) is 9.78 Å². The number of rotatable bonds is 2. The average Bonchev–Trinajstić information content (AvgIpc) is 2.53. The zero-order chi connectivity index (χ0) is 12.6. The number of aromatic nitrogens is 2. The lowest BCUT2D eigenvalue weighted by Gasteiger charge is -2.31. The first-order valence-corrected chi connectivity index (χ1v) is 7.00. The van der Waals surface area contributed by atoms with Gasteiger partial charge in [0.15, 0.2) is 0 Å². The van der Waals surface area contributed by atoms with Gasteiger partial charge in [0.1, 0.15) is 0 Å². The second-order valence-corrected chi connectivity index (χ2v) is 6.06. The highest BCUT2D eigenvalue weighted by Gasteiger charge is 2.27. The molecule has 0 spiro atoms. The zero-order valence-electron chi connectivity index (χ0n) is 12.0. The maximum atomic E-state index is 4.56. The minimum absolute atomic E-state index is 0.763. The third-order valence-corrected chi connectivity index (χ3v) is 4.69. The highest BCUT2D eigenvalue weighted by Crippen LogP contribution is 2.40. The van der Waals surface area contributed by atoms with E-state index in [1.54, 1.807) is 0 Å². The summed E-state index contributed by atoms with van der Waals surface area (Å²) in [7, 11) is 2.06. The smallest absolute Gasteiger partial charge is 0.0631 e. The van der Waals surface area contributed by atoms with Crippen LogP contribution in [0.15, 0.2) is 0 Å². The van der Waals surface area contributed by atoms with Crippen LogP contribution < -0.4 is 0 Å². The predicted molar refractivity (Wildman–Crippen MR) is 72.2 cm³/mol. The molecule has 0 amide bonds. The summed E-state index contributed by atoms with van der Waals surface area (Å²) >= 11 is 0. The van der Waals surface area contributed by atoms with Crippen molar-refractivity contribution in [2.24, 2.45) is 18.9 Å². The fourth-order valence-corrected chi connectivity index (χ4v) is 3.46. The largest absolute Gasteiger partial charge is 0.272 e. The van der Waals surface area contributed by atoms with E-state index in [0.717, 1.165) is 17.8 Å². The van der Waals surface area contributed by atoms with Crippen LogP contribution in [0.4, 0.5) is 0 Å². The van der Waals surface area contributed by atoms with Crippen molar-refractivity contribution in [3.05, 3.63) is 17.0 Å². The third kappa shape index (κ3) is 2.41. The van der Waals surface area contributed by atoms with Crippen LogP contribution in [0.5, 0.6) is 0 Å². The van der Waals surface area contributed by atoms with Gasteiger partial charge in [0.05, 0.1) is 5.69 Å². The first-order chi connectivity index (χ1) is 8.00. The Morgan fingerprint density at radius 1 is 1.12 bits per heavy atom. The summed E-state index contributed by atoms with van der Waals surface area (Å²) in [6.07, 6.45) is 5.51. The van der Waals surface area contributed by atoms with E-state index in [1.807, 2.05) is 4.68 Å². The Hall–Kier alpha value is -0.790. The molecular weight excluding hydrogens is 208 g/mol. The van der Waals surface area contributed by atoms with Crippen LogP contribution in [0.3, 0.4) is 0 Å². The van der Waals surface area contributed by atoms with E-state index in [0.29, 0.717) is 0 Å². The summed E-state index contributed by atoms with van der Waals surface area (Å²) in [5.74, 6) is 2.56. The SMILES string of the molecule is Cc1nn(C)c(C)c1C1CCC(C(C)C)CC1. The minimum Gasteiger partial charge on any atom is -0.272 e. The van der Waals surface area contributed by atoms with Gasteiger partial charge in [-0.3, -0.25) is 4.68 Å². The topological polar surface area (TPSA) is 17.8 Å². The van der Waals surface area contributed by atoms with Crippen LogP contribution in [-0.2, 0) is 7.05 Å². The lowest BCUT2D eigenvalue weighted by Crippen LogP contribution is -2.18. The van der Waals surface area contributed by atoms with E-state index in [4.69, 9.17) is 0 Å². The van der Waals surface area contributed by atoms with Crippen molar-refractivity contribution in [3.8, 4) is 0 Å². The molecule has 1 aliphatic rings. The van der Waals surface area contributed by atoms with Crippen molar-refractivity contribution >= 4 is 0 Å². The van der Waals surface area contributed by atoms with Gasteiger partial charge in [-0.1, -0.05) is 13.8 Å². The molecule has 2 nitrogen and oxygen atoms in total. The van der Waals surface area contributed by atoms with Gasteiger partial charge in [-0.15, -0.1) is 0 Å². The lowest BCUT2D eigenvalue weighted by atomic mass is 9.74. The fourth-order valence-electron chi connectivity index (χ4n) is 3.46. The van der Waals surface area contributed by atoms with E-state index in [1.165, 1.54) is 42.6 Å². The molecule has 1 aliphatic carbocycles. The van der Waals surface area contributed by atoms with Gasteiger partial charge in [0.25, 0.3) is 0 Å². The molecule has 1 aromatic rings. The normalized spacial score (nSPS) is 25.5. The molecule has 96 valence electrons. The molecule has 1 fully saturated rings. The molecule has 2 rings (SSSR count). The molecule has 1 aromatic heterocycles. The standard InChI is InChI=1S/C15H26N2/c1-10(2)13-6-8-14(9-7-13)15-11(3)16-17(5)12(15)4/h10,13-14H,6-9H2,1-5H3.